The molecular formula is C17H28O2. The van der Waals surface area contributed by atoms with Gasteiger partial charge >= 0.3 is 5.97 Å². The molecule has 7 atom stereocenters. The molecule has 19 heavy (non-hydrogen) atoms. The van der Waals surface area contributed by atoms with Gasteiger partial charge in [0.25, 0.3) is 0 Å². The number of hydrogen-bond donors (Lipinski definition) is 0. The Hall–Kier alpha value is -0.530. The Labute approximate surface area is 117 Å². The third-order valence-electron chi connectivity index (χ3n) is 6.67. The zero-order valence-electron chi connectivity index (χ0n) is 12.6. The third kappa shape index (κ3) is 2.02. The van der Waals surface area contributed by atoms with Gasteiger partial charge in [0.1, 0.15) is 0 Å². The molecule has 3 saturated carbocycles. The van der Waals surface area contributed by atoms with Crippen molar-refractivity contribution >= 4 is 5.97 Å². The van der Waals surface area contributed by atoms with Crippen LogP contribution in [0.4, 0.5) is 0 Å². The van der Waals surface area contributed by atoms with E-state index in [1.165, 1.54) is 39.2 Å². The van der Waals surface area contributed by atoms with Crippen molar-refractivity contribution in [2.45, 2.75) is 52.4 Å². The van der Waals surface area contributed by atoms with E-state index in [4.69, 9.17) is 4.74 Å². The highest BCUT2D eigenvalue weighted by Crippen LogP contribution is 2.66. The summed E-state index contributed by atoms with van der Waals surface area (Å²) in [5.41, 5.74) is 0. The first-order chi connectivity index (χ1) is 9.19. The number of fused-ring (bicyclic) bond motifs is 5. The van der Waals surface area contributed by atoms with Crippen LogP contribution >= 0.6 is 0 Å². The number of hydrogen-bond acceptors (Lipinski definition) is 2. The highest BCUT2D eigenvalue weighted by molar-refractivity contribution is 5.69. The standard InChI is InChI=1S/C17H28O2/c1-4-10-6-11(5-2)17-14-8-13(16(10)17)7-12(14)9-15(18)19-3/h10-14,16-17H,4-9H2,1-3H3. The smallest absolute Gasteiger partial charge is 0.305 e. The first-order valence-electron chi connectivity index (χ1n) is 8.26. The molecule has 0 aromatic heterocycles. The molecule has 0 radical (unpaired) electrons. The van der Waals surface area contributed by atoms with Crippen molar-refractivity contribution in [3.05, 3.63) is 0 Å². The highest BCUT2D eigenvalue weighted by Gasteiger charge is 2.59. The molecule has 3 rings (SSSR count). The van der Waals surface area contributed by atoms with Crippen molar-refractivity contribution in [1.29, 1.82) is 0 Å². The molecule has 108 valence electrons. The van der Waals surface area contributed by atoms with Crippen LogP contribution in [0, 0.1) is 41.4 Å². The normalized spacial score (nSPS) is 47.4. The number of methoxy groups -OCH3 is 1. The molecule has 0 aliphatic heterocycles. The van der Waals surface area contributed by atoms with Crippen LogP contribution in [0.2, 0.25) is 0 Å². The van der Waals surface area contributed by atoms with Crippen molar-refractivity contribution in [2.24, 2.45) is 41.4 Å². The Morgan fingerprint density at radius 3 is 2.32 bits per heavy atom. The van der Waals surface area contributed by atoms with Crippen LogP contribution in [-0.4, -0.2) is 13.1 Å². The molecule has 3 aliphatic rings. The van der Waals surface area contributed by atoms with Gasteiger partial charge in [-0.1, -0.05) is 26.7 Å². The first kappa shape index (κ1) is 13.5. The molecule has 2 bridgehead atoms. The largest absolute Gasteiger partial charge is 0.469 e. The monoisotopic (exact) mass is 264 g/mol. The van der Waals surface area contributed by atoms with Crippen LogP contribution in [0.3, 0.4) is 0 Å². The Kier molecular flexibility index (Phi) is 3.61. The predicted octanol–water partition coefficient (Wildman–Crippen LogP) is 3.89. The molecule has 3 aliphatic carbocycles. The first-order valence-corrected chi connectivity index (χ1v) is 8.26. The highest BCUT2D eigenvalue weighted by atomic mass is 16.5. The van der Waals surface area contributed by atoms with Gasteiger partial charge in [0.2, 0.25) is 0 Å². The summed E-state index contributed by atoms with van der Waals surface area (Å²) in [5.74, 6) is 6.23. The molecule has 0 N–H and O–H groups in total. The van der Waals surface area contributed by atoms with Crippen LogP contribution in [0.1, 0.15) is 52.4 Å². The van der Waals surface area contributed by atoms with Crippen molar-refractivity contribution in [1.82, 2.24) is 0 Å². The Morgan fingerprint density at radius 1 is 1.00 bits per heavy atom. The molecule has 0 aromatic carbocycles. The summed E-state index contributed by atoms with van der Waals surface area (Å²) >= 11 is 0. The number of rotatable bonds is 4. The quantitative estimate of drug-likeness (QED) is 0.720. The number of esters is 1. The van der Waals surface area contributed by atoms with Gasteiger partial charge < -0.3 is 4.74 Å². The van der Waals surface area contributed by atoms with Gasteiger partial charge in [-0.3, -0.25) is 4.79 Å². The fourth-order valence-electron chi connectivity index (χ4n) is 6.06. The summed E-state index contributed by atoms with van der Waals surface area (Å²) in [6.45, 7) is 4.73. The van der Waals surface area contributed by atoms with Gasteiger partial charge in [-0.25, -0.2) is 0 Å². The fourth-order valence-corrected chi connectivity index (χ4v) is 6.06. The van der Waals surface area contributed by atoms with Crippen molar-refractivity contribution < 1.29 is 9.53 Å². The Balaban J connectivity index is 1.75. The summed E-state index contributed by atoms with van der Waals surface area (Å²) < 4.78 is 4.89. The van der Waals surface area contributed by atoms with Crippen molar-refractivity contribution in [3.8, 4) is 0 Å². The molecule has 3 fully saturated rings. The van der Waals surface area contributed by atoms with E-state index in [9.17, 15) is 4.79 Å². The third-order valence-corrected chi connectivity index (χ3v) is 6.67. The molecule has 0 heterocycles. The minimum atomic E-state index is 0.00665. The minimum absolute atomic E-state index is 0.00665. The molecule has 0 aromatic rings. The summed E-state index contributed by atoms with van der Waals surface area (Å²) in [6, 6.07) is 0. The van der Waals surface area contributed by atoms with Gasteiger partial charge in [0.15, 0.2) is 0 Å². The number of ether oxygens (including phenoxy) is 1. The van der Waals surface area contributed by atoms with Crippen LogP contribution in [0.5, 0.6) is 0 Å². The Morgan fingerprint density at radius 2 is 1.68 bits per heavy atom. The lowest BCUT2D eigenvalue weighted by atomic mass is 9.70. The zero-order chi connectivity index (χ0) is 13.6. The van der Waals surface area contributed by atoms with E-state index in [1.54, 1.807) is 0 Å². The maximum atomic E-state index is 11.6. The van der Waals surface area contributed by atoms with Crippen LogP contribution in [0.15, 0.2) is 0 Å². The molecule has 7 unspecified atom stereocenters. The summed E-state index contributed by atoms with van der Waals surface area (Å²) in [5, 5.41) is 0. The van der Waals surface area contributed by atoms with E-state index in [0.29, 0.717) is 12.3 Å². The van der Waals surface area contributed by atoms with E-state index >= 15 is 0 Å². The lowest BCUT2D eigenvalue weighted by Gasteiger charge is -2.35. The molecular weight excluding hydrogens is 236 g/mol. The molecule has 0 saturated heterocycles. The second-order valence-electron chi connectivity index (χ2n) is 7.16. The number of carbonyl (C=O) groups is 1. The van der Waals surface area contributed by atoms with Crippen LogP contribution < -0.4 is 0 Å². The van der Waals surface area contributed by atoms with E-state index in [1.807, 2.05) is 0 Å². The second-order valence-corrected chi connectivity index (χ2v) is 7.16. The molecule has 0 amide bonds. The fraction of sp³-hybridized carbons (Fsp3) is 0.941. The number of carbonyl (C=O) groups excluding carboxylic acids is 1. The Bertz CT molecular complexity index is 351. The van der Waals surface area contributed by atoms with Gasteiger partial charge in [-0.2, -0.15) is 0 Å². The lowest BCUT2D eigenvalue weighted by molar-refractivity contribution is -0.142. The average molecular weight is 264 g/mol. The summed E-state index contributed by atoms with van der Waals surface area (Å²) in [7, 11) is 1.52. The van der Waals surface area contributed by atoms with Crippen molar-refractivity contribution in [2.75, 3.05) is 7.11 Å². The van der Waals surface area contributed by atoms with Gasteiger partial charge in [-0.15, -0.1) is 0 Å². The molecule has 2 heteroatoms. The van der Waals surface area contributed by atoms with Gasteiger partial charge in [0, 0.05) is 6.42 Å². The van der Waals surface area contributed by atoms with Gasteiger partial charge in [-0.05, 0) is 60.7 Å². The summed E-state index contributed by atoms with van der Waals surface area (Å²) in [6.07, 6.45) is 7.54. The summed E-state index contributed by atoms with van der Waals surface area (Å²) in [4.78, 5) is 11.6. The lowest BCUT2D eigenvalue weighted by Crippen LogP contribution is -2.31. The van der Waals surface area contributed by atoms with Crippen LogP contribution in [0.25, 0.3) is 0 Å². The second kappa shape index (κ2) is 5.10. The predicted molar refractivity (Wildman–Crippen MR) is 75.5 cm³/mol. The van der Waals surface area contributed by atoms with E-state index in [0.717, 1.165) is 35.5 Å². The maximum absolute atomic E-state index is 11.6. The van der Waals surface area contributed by atoms with E-state index < -0.39 is 0 Å². The van der Waals surface area contributed by atoms with E-state index in [-0.39, 0.29) is 5.97 Å². The van der Waals surface area contributed by atoms with Crippen LogP contribution in [-0.2, 0) is 9.53 Å². The topological polar surface area (TPSA) is 26.3 Å². The zero-order valence-corrected chi connectivity index (χ0v) is 12.6. The maximum Gasteiger partial charge on any atom is 0.305 e. The van der Waals surface area contributed by atoms with Crippen molar-refractivity contribution in [3.63, 3.8) is 0 Å². The minimum Gasteiger partial charge on any atom is -0.469 e. The molecule has 2 nitrogen and oxygen atoms in total. The molecule has 0 spiro atoms. The SMILES string of the molecule is CCC1CC(CC)C2C3CC(CC3CC(=O)OC)C12. The van der Waals surface area contributed by atoms with E-state index in [2.05, 4.69) is 13.8 Å². The van der Waals surface area contributed by atoms with Gasteiger partial charge in [0.05, 0.1) is 7.11 Å². The average Bonchev–Trinajstić information content (AvgIpc) is 3.07.